The van der Waals surface area contributed by atoms with Crippen LogP contribution in [0.25, 0.3) is 10.9 Å². The van der Waals surface area contributed by atoms with E-state index >= 15 is 0 Å². The van der Waals surface area contributed by atoms with Gasteiger partial charge in [0, 0.05) is 27.8 Å². The van der Waals surface area contributed by atoms with Crippen molar-refractivity contribution < 1.29 is 9.90 Å². The second-order valence-corrected chi connectivity index (χ2v) is 5.16. The number of aromatic carboxylic acids is 1. The second kappa shape index (κ2) is 5.05. The Bertz CT molecular complexity index is 798. The molecule has 2 heterocycles. The van der Waals surface area contributed by atoms with Crippen LogP contribution >= 0.6 is 15.9 Å². The molecular formula is C14H10BrN3O2. The number of benzene rings is 1. The van der Waals surface area contributed by atoms with Crippen LogP contribution in [0.15, 0.2) is 47.5 Å². The lowest BCUT2D eigenvalue weighted by Gasteiger charge is -2.07. The average molecular weight is 332 g/mol. The minimum absolute atomic E-state index is 0.126. The van der Waals surface area contributed by atoms with E-state index in [2.05, 4.69) is 25.9 Å². The summed E-state index contributed by atoms with van der Waals surface area (Å²) in [6.45, 7) is 0.385. The standard InChI is InChI=1S/C14H10BrN3O2/c15-11-6-18(13-4-2-1-3-9(11)13)7-12-10(14(19)20)5-16-8-17-12/h1-6,8H,7H2,(H,19,20). The molecule has 2 aromatic heterocycles. The van der Waals surface area contributed by atoms with E-state index in [9.17, 15) is 4.79 Å². The molecule has 3 aromatic rings. The van der Waals surface area contributed by atoms with Crippen LogP contribution in [0, 0.1) is 0 Å². The van der Waals surface area contributed by atoms with Crippen LogP contribution in [-0.2, 0) is 6.54 Å². The quantitative estimate of drug-likeness (QED) is 0.801. The van der Waals surface area contributed by atoms with Gasteiger partial charge in [-0.25, -0.2) is 14.8 Å². The SMILES string of the molecule is O=C(O)c1cncnc1Cn1cc(Br)c2ccccc21. The molecule has 1 aromatic carbocycles. The molecule has 0 amide bonds. The summed E-state index contributed by atoms with van der Waals surface area (Å²) in [6.07, 6.45) is 4.62. The molecular weight excluding hydrogens is 322 g/mol. The number of para-hydroxylation sites is 1. The molecule has 1 N–H and O–H groups in total. The van der Waals surface area contributed by atoms with Crippen molar-refractivity contribution in [3.63, 3.8) is 0 Å². The van der Waals surface area contributed by atoms with Gasteiger partial charge in [-0.3, -0.25) is 0 Å². The van der Waals surface area contributed by atoms with Gasteiger partial charge in [0.15, 0.2) is 0 Å². The fourth-order valence-electron chi connectivity index (χ4n) is 2.15. The highest BCUT2D eigenvalue weighted by Crippen LogP contribution is 2.26. The number of carboxylic acids is 1. The first-order chi connectivity index (χ1) is 9.66. The summed E-state index contributed by atoms with van der Waals surface area (Å²) in [6, 6.07) is 7.91. The molecule has 5 nitrogen and oxygen atoms in total. The maximum atomic E-state index is 11.2. The Hall–Kier alpha value is -2.21. The third-order valence-corrected chi connectivity index (χ3v) is 3.72. The fourth-order valence-corrected chi connectivity index (χ4v) is 2.74. The van der Waals surface area contributed by atoms with E-state index < -0.39 is 5.97 Å². The lowest BCUT2D eigenvalue weighted by Crippen LogP contribution is -2.09. The number of rotatable bonds is 3. The molecule has 0 spiro atoms. The molecule has 0 aliphatic rings. The summed E-state index contributed by atoms with van der Waals surface area (Å²) in [5.74, 6) is -1.02. The molecule has 3 rings (SSSR count). The monoisotopic (exact) mass is 331 g/mol. The van der Waals surface area contributed by atoms with Gasteiger partial charge < -0.3 is 9.67 Å². The van der Waals surface area contributed by atoms with Gasteiger partial charge in [0.1, 0.15) is 11.9 Å². The molecule has 0 bridgehead atoms. The zero-order chi connectivity index (χ0) is 14.1. The minimum atomic E-state index is -1.02. The van der Waals surface area contributed by atoms with Crippen molar-refractivity contribution in [1.29, 1.82) is 0 Å². The van der Waals surface area contributed by atoms with E-state index in [1.54, 1.807) is 0 Å². The van der Waals surface area contributed by atoms with E-state index in [-0.39, 0.29) is 5.56 Å². The van der Waals surface area contributed by atoms with Gasteiger partial charge in [-0.1, -0.05) is 18.2 Å². The summed E-state index contributed by atoms with van der Waals surface area (Å²) >= 11 is 3.51. The third kappa shape index (κ3) is 2.18. The highest BCUT2D eigenvalue weighted by molar-refractivity contribution is 9.10. The number of aromatic nitrogens is 3. The Balaban J connectivity index is 2.08. The molecule has 0 unspecified atom stereocenters. The van der Waals surface area contributed by atoms with E-state index in [0.29, 0.717) is 12.2 Å². The number of halogens is 1. The third-order valence-electron chi connectivity index (χ3n) is 3.09. The Morgan fingerprint density at radius 2 is 2.15 bits per heavy atom. The lowest BCUT2D eigenvalue weighted by atomic mass is 10.2. The van der Waals surface area contributed by atoms with Crippen molar-refractivity contribution in [2.45, 2.75) is 6.54 Å². The molecule has 0 saturated heterocycles. The molecule has 0 aliphatic carbocycles. The topological polar surface area (TPSA) is 68.0 Å². The number of nitrogens with zero attached hydrogens (tertiary/aromatic N) is 3. The number of hydrogen-bond acceptors (Lipinski definition) is 3. The summed E-state index contributed by atoms with van der Waals surface area (Å²) < 4.78 is 2.94. The van der Waals surface area contributed by atoms with Gasteiger partial charge in [0.25, 0.3) is 0 Å². The van der Waals surface area contributed by atoms with Crippen LogP contribution in [0.3, 0.4) is 0 Å². The first kappa shape index (κ1) is 12.8. The maximum absolute atomic E-state index is 11.2. The van der Waals surface area contributed by atoms with Crippen molar-refractivity contribution in [2.24, 2.45) is 0 Å². The Kier molecular flexibility index (Phi) is 3.23. The Labute approximate surface area is 123 Å². The largest absolute Gasteiger partial charge is 0.478 e. The van der Waals surface area contributed by atoms with Gasteiger partial charge in [0.2, 0.25) is 0 Å². The summed E-state index contributed by atoms with van der Waals surface area (Å²) in [5, 5.41) is 10.2. The summed E-state index contributed by atoms with van der Waals surface area (Å²) in [7, 11) is 0. The van der Waals surface area contributed by atoms with Gasteiger partial charge in [-0.15, -0.1) is 0 Å². The van der Waals surface area contributed by atoms with Crippen LogP contribution < -0.4 is 0 Å². The van der Waals surface area contributed by atoms with E-state index in [0.717, 1.165) is 15.4 Å². The molecule has 0 saturated carbocycles. The van der Waals surface area contributed by atoms with Crippen molar-refractivity contribution >= 4 is 32.8 Å². The molecule has 0 aliphatic heterocycles. The molecule has 100 valence electrons. The van der Waals surface area contributed by atoms with Crippen molar-refractivity contribution in [2.75, 3.05) is 0 Å². The highest BCUT2D eigenvalue weighted by Gasteiger charge is 2.13. The molecule has 6 heteroatoms. The number of carbonyl (C=O) groups is 1. The first-order valence-corrected chi connectivity index (χ1v) is 6.71. The van der Waals surface area contributed by atoms with Crippen LogP contribution in [0.5, 0.6) is 0 Å². The van der Waals surface area contributed by atoms with Gasteiger partial charge in [0.05, 0.1) is 12.2 Å². The summed E-state index contributed by atoms with van der Waals surface area (Å²) in [4.78, 5) is 19.0. The van der Waals surface area contributed by atoms with Crippen LogP contribution in [0.1, 0.15) is 16.1 Å². The van der Waals surface area contributed by atoms with Gasteiger partial charge in [-0.2, -0.15) is 0 Å². The fraction of sp³-hybridized carbons (Fsp3) is 0.0714. The van der Waals surface area contributed by atoms with E-state index in [1.807, 2.05) is 35.0 Å². The zero-order valence-corrected chi connectivity index (χ0v) is 11.9. The predicted molar refractivity (Wildman–Crippen MR) is 77.7 cm³/mol. The number of hydrogen-bond donors (Lipinski definition) is 1. The Morgan fingerprint density at radius 3 is 2.95 bits per heavy atom. The van der Waals surface area contributed by atoms with Crippen molar-refractivity contribution in [3.8, 4) is 0 Å². The molecule has 20 heavy (non-hydrogen) atoms. The molecule has 0 atom stereocenters. The predicted octanol–water partition coefficient (Wildman–Crippen LogP) is 2.94. The summed E-state index contributed by atoms with van der Waals surface area (Å²) in [5.41, 5.74) is 1.64. The van der Waals surface area contributed by atoms with Crippen LogP contribution in [0.4, 0.5) is 0 Å². The van der Waals surface area contributed by atoms with Crippen LogP contribution in [0.2, 0.25) is 0 Å². The van der Waals surface area contributed by atoms with E-state index in [1.165, 1.54) is 12.5 Å². The van der Waals surface area contributed by atoms with Crippen molar-refractivity contribution in [1.82, 2.24) is 14.5 Å². The lowest BCUT2D eigenvalue weighted by molar-refractivity contribution is 0.0694. The zero-order valence-electron chi connectivity index (χ0n) is 10.3. The van der Waals surface area contributed by atoms with Crippen LogP contribution in [-0.4, -0.2) is 25.6 Å². The molecule has 0 fully saturated rings. The minimum Gasteiger partial charge on any atom is -0.478 e. The molecule has 0 radical (unpaired) electrons. The number of carboxylic acid groups (broad SMARTS) is 1. The van der Waals surface area contributed by atoms with E-state index in [4.69, 9.17) is 5.11 Å². The van der Waals surface area contributed by atoms with Gasteiger partial charge >= 0.3 is 5.97 Å². The smallest absolute Gasteiger partial charge is 0.339 e. The van der Waals surface area contributed by atoms with Gasteiger partial charge in [-0.05, 0) is 22.0 Å². The maximum Gasteiger partial charge on any atom is 0.339 e. The highest BCUT2D eigenvalue weighted by atomic mass is 79.9. The Morgan fingerprint density at radius 1 is 1.35 bits per heavy atom. The first-order valence-electron chi connectivity index (χ1n) is 5.92. The number of fused-ring (bicyclic) bond motifs is 1. The second-order valence-electron chi connectivity index (χ2n) is 4.31. The average Bonchev–Trinajstić information content (AvgIpc) is 2.76. The van der Waals surface area contributed by atoms with Crippen molar-refractivity contribution in [3.05, 3.63) is 58.7 Å². The normalized spacial score (nSPS) is 10.8.